The van der Waals surface area contributed by atoms with Crippen LogP contribution in [0.1, 0.15) is 33.4 Å². The number of carbonyl (C=O) groups excluding carboxylic acids is 1. The highest BCUT2D eigenvalue weighted by Crippen LogP contribution is 2.45. The molecule has 0 aliphatic heterocycles. The second-order valence-electron chi connectivity index (χ2n) is 8.68. The average Bonchev–Trinajstić information content (AvgIpc) is 3.28. The van der Waals surface area contributed by atoms with E-state index in [1.807, 2.05) is 0 Å². The Morgan fingerprint density at radius 1 is 1.21 bits per heavy atom. The molecule has 5 unspecified atom stereocenters. The van der Waals surface area contributed by atoms with Gasteiger partial charge >= 0.3 is 13.7 Å². The van der Waals surface area contributed by atoms with E-state index in [0.29, 0.717) is 11.3 Å². The number of nitrogen functional groups attached to an aromatic ring is 1. The summed E-state index contributed by atoms with van der Waals surface area (Å²) in [5.74, 6) is -0.342. The van der Waals surface area contributed by atoms with Crippen LogP contribution in [-0.2, 0) is 30.0 Å². The number of rotatable bonds is 14. The zero-order valence-electron chi connectivity index (χ0n) is 21.4. The van der Waals surface area contributed by atoms with Crippen LogP contribution in [0.15, 0.2) is 42.9 Å². The van der Waals surface area contributed by atoms with Crippen LogP contribution in [0.25, 0.3) is 5.65 Å². The molecule has 0 radical (unpaired) electrons. The lowest BCUT2D eigenvalue weighted by atomic mass is 10.1. The summed E-state index contributed by atoms with van der Waals surface area (Å²) in [5.41, 5.74) is 6.52. The van der Waals surface area contributed by atoms with Crippen molar-refractivity contribution in [2.75, 3.05) is 12.3 Å². The molecule has 3 rings (SSSR count). The van der Waals surface area contributed by atoms with Gasteiger partial charge in [-0.05, 0) is 39.8 Å². The predicted octanol–water partition coefficient (Wildman–Crippen LogP) is 2.44. The second-order valence-corrected chi connectivity index (χ2v) is 10.4. The number of nitrogens with two attached hydrogens (primary N) is 1. The average molecular weight is 555 g/mol. The predicted molar refractivity (Wildman–Crippen MR) is 135 cm³/mol. The van der Waals surface area contributed by atoms with E-state index in [4.69, 9.17) is 24.3 Å². The standard InChI is InChI=1S/C23H32FN6O7P/c1-14(2)36-23(32)16(4)29-38(33,37-18-8-6-5-7-9-18)35-12-19(20(31)15(3)24)34-11-17-10-26-22-21(25)27-13-28-30(17)22/h5-10,13-16,19-20,31H,11-12H2,1-4H3,(H,29,33)(H2,25,27,28). The molecule has 0 spiro atoms. The first-order valence-corrected chi connectivity index (χ1v) is 13.4. The van der Waals surface area contributed by atoms with Gasteiger partial charge < -0.3 is 24.8 Å². The lowest BCUT2D eigenvalue weighted by Crippen LogP contribution is -2.40. The van der Waals surface area contributed by atoms with E-state index in [2.05, 4.69) is 20.2 Å². The van der Waals surface area contributed by atoms with Crippen LogP contribution in [0.5, 0.6) is 5.75 Å². The van der Waals surface area contributed by atoms with Crippen LogP contribution in [-0.4, -0.2) is 67.8 Å². The number of aliphatic hydroxyl groups is 1. The van der Waals surface area contributed by atoms with Gasteiger partial charge in [0.05, 0.1) is 31.2 Å². The number of aromatic nitrogens is 4. The van der Waals surface area contributed by atoms with E-state index in [1.165, 1.54) is 24.0 Å². The maximum Gasteiger partial charge on any atom is 0.459 e. The summed E-state index contributed by atoms with van der Waals surface area (Å²) in [7, 11) is -4.27. The minimum atomic E-state index is -4.27. The third-order valence-corrected chi connectivity index (χ3v) is 6.78. The number of ether oxygens (including phenoxy) is 2. The number of fused-ring (bicyclic) bond motifs is 1. The topological polar surface area (TPSA) is 172 Å². The molecule has 0 amide bonds. The number of esters is 1. The molecule has 2 aromatic heterocycles. The minimum Gasteiger partial charge on any atom is -0.462 e. The monoisotopic (exact) mass is 554 g/mol. The minimum absolute atomic E-state index is 0.152. The summed E-state index contributed by atoms with van der Waals surface area (Å²) in [6.07, 6.45) is -2.39. The molecule has 0 aliphatic rings. The van der Waals surface area contributed by atoms with Crippen molar-refractivity contribution in [3.05, 3.63) is 48.5 Å². The molecule has 15 heteroatoms. The Labute approximate surface area is 219 Å². The summed E-state index contributed by atoms with van der Waals surface area (Å²) < 4.78 is 51.2. The molecular formula is C23H32FN6O7P. The molecule has 3 aromatic rings. The number of nitrogens with zero attached hydrogens (tertiary/aromatic N) is 4. The van der Waals surface area contributed by atoms with E-state index < -0.39 is 50.8 Å². The Kier molecular flexibility index (Phi) is 10.1. The van der Waals surface area contributed by atoms with E-state index in [1.54, 1.807) is 44.2 Å². The summed E-state index contributed by atoms with van der Waals surface area (Å²) in [6, 6.07) is 7.04. The number of aliphatic hydroxyl groups excluding tert-OH is 1. The number of anilines is 1. The number of halogens is 1. The van der Waals surface area contributed by atoms with Crippen LogP contribution in [0.3, 0.4) is 0 Å². The summed E-state index contributed by atoms with van der Waals surface area (Å²) >= 11 is 0. The molecule has 0 fully saturated rings. The molecule has 208 valence electrons. The number of carbonyl (C=O) groups is 1. The van der Waals surface area contributed by atoms with Crippen LogP contribution >= 0.6 is 7.75 Å². The molecule has 1 aromatic carbocycles. The van der Waals surface area contributed by atoms with Crippen molar-refractivity contribution in [3.8, 4) is 5.75 Å². The first kappa shape index (κ1) is 29.4. The Bertz CT molecular complexity index is 1250. The third-order valence-electron chi connectivity index (χ3n) is 5.13. The summed E-state index contributed by atoms with van der Waals surface area (Å²) in [4.78, 5) is 20.3. The highest BCUT2D eigenvalue weighted by atomic mass is 31.2. The summed E-state index contributed by atoms with van der Waals surface area (Å²) in [5, 5.41) is 17.0. The van der Waals surface area contributed by atoms with E-state index in [9.17, 15) is 18.9 Å². The highest BCUT2D eigenvalue weighted by Gasteiger charge is 2.36. The zero-order chi connectivity index (χ0) is 27.9. The van der Waals surface area contributed by atoms with Crippen molar-refractivity contribution in [1.82, 2.24) is 24.7 Å². The normalized spacial score (nSPS) is 16.5. The molecule has 0 bridgehead atoms. The zero-order valence-corrected chi connectivity index (χ0v) is 22.3. The van der Waals surface area contributed by atoms with Crippen molar-refractivity contribution in [3.63, 3.8) is 0 Å². The van der Waals surface area contributed by atoms with Crippen LogP contribution in [0.4, 0.5) is 10.2 Å². The van der Waals surface area contributed by atoms with Gasteiger partial charge in [-0.1, -0.05) is 18.2 Å². The highest BCUT2D eigenvalue weighted by molar-refractivity contribution is 7.52. The largest absolute Gasteiger partial charge is 0.462 e. The summed E-state index contributed by atoms with van der Waals surface area (Å²) in [6.45, 7) is 5.18. The Hall–Kier alpha value is -3.16. The van der Waals surface area contributed by atoms with E-state index in [-0.39, 0.29) is 18.2 Å². The number of nitrogens with one attached hydrogen (secondary N) is 1. The molecule has 4 N–H and O–H groups in total. The molecule has 0 saturated heterocycles. The van der Waals surface area contributed by atoms with Gasteiger partial charge in [-0.25, -0.2) is 23.4 Å². The van der Waals surface area contributed by atoms with Crippen molar-refractivity contribution in [2.45, 2.75) is 64.8 Å². The van der Waals surface area contributed by atoms with Crippen molar-refractivity contribution in [2.24, 2.45) is 0 Å². The lowest BCUT2D eigenvalue weighted by molar-refractivity contribution is -0.149. The number of alkyl halides is 1. The molecule has 38 heavy (non-hydrogen) atoms. The number of imidazole rings is 1. The smallest absolute Gasteiger partial charge is 0.459 e. The maximum absolute atomic E-state index is 14.1. The van der Waals surface area contributed by atoms with Crippen molar-refractivity contribution >= 4 is 25.2 Å². The molecule has 0 aliphatic carbocycles. The van der Waals surface area contributed by atoms with Gasteiger partial charge in [-0.2, -0.15) is 10.2 Å². The molecule has 5 atom stereocenters. The first-order valence-electron chi connectivity index (χ1n) is 11.8. The number of hydrogen-bond donors (Lipinski definition) is 3. The van der Waals surface area contributed by atoms with E-state index in [0.717, 1.165) is 6.92 Å². The number of hydrogen-bond acceptors (Lipinski definition) is 11. The van der Waals surface area contributed by atoms with Gasteiger partial charge in [0, 0.05) is 0 Å². The quantitative estimate of drug-likeness (QED) is 0.197. The van der Waals surface area contributed by atoms with Gasteiger partial charge in [0.25, 0.3) is 0 Å². The van der Waals surface area contributed by atoms with Crippen LogP contribution in [0, 0.1) is 0 Å². The van der Waals surface area contributed by atoms with Gasteiger partial charge in [0.15, 0.2) is 11.5 Å². The fraction of sp³-hybridized carbons (Fsp3) is 0.478. The third kappa shape index (κ3) is 7.92. The first-order chi connectivity index (χ1) is 18.0. The Morgan fingerprint density at radius 2 is 1.92 bits per heavy atom. The second kappa shape index (κ2) is 13.1. The number of para-hydroxylation sites is 1. The van der Waals surface area contributed by atoms with E-state index >= 15 is 0 Å². The molecule has 13 nitrogen and oxygen atoms in total. The Balaban J connectivity index is 1.77. The van der Waals surface area contributed by atoms with Crippen LogP contribution < -0.4 is 15.3 Å². The van der Waals surface area contributed by atoms with Gasteiger partial charge in [0.1, 0.15) is 36.5 Å². The van der Waals surface area contributed by atoms with Gasteiger partial charge in [-0.3, -0.25) is 9.32 Å². The van der Waals surface area contributed by atoms with Gasteiger partial charge in [-0.15, -0.1) is 0 Å². The van der Waals surface area contributed by atoms with Crippen molar-refractivity contribution < 1.29 is 37.4 Å². The fourth-order valence-electron chi connectivity index (χ4n) is 3.22. The van der Waals surface area contributed by atoms with Gasteiger partial charge in [0.2, 0.25) is 0 Å². The Morgan fingerprint density at radius 3 is 2.58 bits per heavy atom. The fourth-order valence-corrected chi connectivity index (χ4v) is 4.72. The number of benzene rings is 1. The molecular weight excluding hydrogens is 522 g/mol. The lowest BCUT2D eigenvalue weighted by Gasteiger charge is -2.28. The molecule has 2 heterocycles. The maximum atomic E-state index is 14.1. The van der Waals surface area contributed by atoms with Crippen LogP contribution in [0.2, 0.25) is 0 Å². The van der Waals surface area contributed by atoms with Crippen molar-refractivity contribution in [1.29, 1.82) is 0 Å². The molecule has 0 saturated carbocycles. The SMILES string of the molecule is CC(C)OC(=O)C(C)NP(=O)(OCC(OCc1cnc2c(N)ncnn12)C(O)C(C)F)Oc1ccccc1.